The van der Waals surface area contributed by atoms with E-state index in [1.165, 1.54) is 21.7 Å². The smallest absolute Gasteiger partial charge is 0.346 e. The fraction of sp³-hybridized carbons (Fsp3) is 0.211. The van der Waals surface area contributed by atoms with Gasteiger partial charge in [-0.2, -0.15) is 5.26 Å². The minimum atomic E-state index is -0.719. The summed E-state index contributed by atoms with van der Waals surface area (Å²) in [6, 6.07) is 6.13. The van der Waals surface area contributed by atoms with Gasteiger partial charge in [-0.05, 0) is 18.2 Å². The molecule has 150 valence electrons. The second-order valence-corrected chi connectivity index (χ2v) is 6.30. The Hall–Kier alpha value is -4.38. The van der Waals surface area contributed by atoms with Crippen LogP contribution in [0.1, 0.15) is 15.9 Å². The molecule has 10 nitrogen and oxygen atoms in total. The number of halogens is 1. The summed E-state index contributed by atoms with van der Waals surface area (Å²) in [6.45, 7) is 7.10. The maximum absolute atomic E-state index is 14.3. The highest BCUT2D eigenvalue weighted by Crippen LogP contribution is 2.34. The molecule has 0 atom stereocenters. The third-order valence-electron chi connectivity index (χ3n) is 4.51. The van der Waals surface area contributed by atoms with Crippen LogP contribution in [0.15, 0.2) is 24.4 Å². The summed E-state index contributed by atoms with van der Waals surface area (Å²) in [5.41, 5.74) is 6.07. The van der Waals surface area contributed by atoms with Gasteiger partial charge in [0.05, 0.1) is 12.6 Å². The molecule has 1 aromatic carbocycles. The van der Waals surface area contributed by atoms with Crippen LogP contribution in [0.3, 0.4) is 0 Å². The molecule has 11 heteroatoms. The van der Waals surface area contributed by atoms with Crippen molar-refractivity contribution in [2.24, 2.45) is 0 Å². The van der Waals surface area contributed by atoms with Gasteiger partial charge in [0.25, 0.3) is 0 Å². The zero-order chi connectivity index (χ0) is 21.3. The number of fused-ring (bicyclic) bond motifs is 2. The molecule has 0 saturated carbocycles. The highest BCUT2D eigenvalue weighted by molar-refractivity contribution is 6.00. The third kappa shape index (κ3) is 3.18. The second kappa shape index (κ2) is 7.56. The van der Waals surface area contributed by atoms with Crippen molar-refractivity contribution in [1.29, 1.82) is 5.26 Å². The normalized spacial score (nSPS) is 13.8. The van der Waals surface area contributed by atoms with Crippen LogP contribution in [0, 0.1) is 23.7 Å². The summed E-state index contributed by atoms with van der Waals surface area (Å²) >= 11 is 0. The van der Waals surface area contributed by atoms with E-state index in [9.17, 15) is 14.4 Å². The number of rotatable bonds is 1. The van der Waals surface area contributed by atoms with E-state index in [0.717, 1.165) is 6.07 Å². The number of hydrogen-bond acceptors (Lipinski definition) is 8. The van der Waals surface area contributed by atoms with E-state index in [2.05, 4.69) is 14.9 Å². The molecule has 0 fully saturated rings. The zero-order valence-electron chi connectivity index (χ0n) is 15.5. The number of carbonyl (C=O) groups is 1. The number of carbonyl (C=O) groups excluding carboxylic acids is 1. The Labute approximate surface area is 169 Å². The molecule has 4 rings (SSSR count). The Morgan fingerprint density at radius 1 is 1.33 bits per heavy atom. The average molecular weight is 407 g/mol. The molecule has 2 aromatic heterocycles. The lowest BCUT2D eigenvalue weighted by atomic mass is 10.1. The largest absolute Gasteiger partial charge is 0.491 e. The van der Waals surface area contributed by atoms with Crippen LogP contribution in [0.2, 0.25) is 0 Å². The summed E-state index contributed by atoms with van der Waals surface area (Å²) in [7, 11) is 0. The van der Waals surface area contributed by atoms with E-state index < -0.39 is 11.8 Å². The van der Waals surface area contributed by atoms with E-state index in [1.807, 2.05) is 6.07 Å². The van der Waals surface area contributed by atoms with Gasteiger partial charge >= 0.3 is 5.97 Å². The van der Waals surface area contributed by atoms with Crippen molar-refractivity contribution in [2.45, 2.75) is 6.54 Å². The first-order valence-corrected chi connectivity index (χ1v) is 8.79. The maximum Gasteiger partial charge on any atom is 0.346 e. The number of esters is 1. The molecule has 0 saturated heterocycles. The monoisotopic (exact) mass is 407 g/mol. The number of nitrogens with two attached hydrogens (primary N) is 1. The number of hydrogen-bond donors (Lipinski definition) is 1. The molecule has 0 spiro atoms. The van der Waals surface area contributed by atoms with Crippen molar-refractivity contribution < 1.29 is 18.7 Å². The first-order valence-electron chi connectivity index (χ1n) is 8.79. The quantitative estimate of drug-likeness (QED) is 0.369. The van der Waals surface area contributed by atoms with Crippen LogP contribution in [0.4, 0.5) is 21.7 Å². The van der Waals surface area contributed by atoms with Crippen molar-refractivity contribution in [3.63, 3.8) is 0 Å². The van der Waals surface area contributed by atoms with Crippen LogP contribution in [-0.4, -0.2) is 40.3 Å². The number of nitrogens with zero attached hydrogens (tertiary/aromatic N) is 6. The Morgan fingerprint density at radius 2 is 2.13 bits per heavy atom. The van der Waals surface area contributed by atoms with Crippen LogP contribution < -0.4 is 15.4 Å². The van der Waals surface area contributed by atoms with Crippen molar-refractivity contribution in [3.05, 3.63) is 52.8 Å². The third-order valence-corrected chi connectivity index (χ3v) is 4.51. The lowest BCUT2D eigenvalue weighted by Crippen LogP contribution is -2.25. The minimum Gasteiger partial charge on any atom is -0.491 e. The molecule has 0 unspecified atom stereocenters. The van der Waals surface area contributed by atoms with Gasteiger partial charge in [-0.25, -0.2) is 23.5 Å². The number of nitrogen functional groups attached to an aromatic ring is 1. The molecule has 0 radical (unpaired) electrons. The average Bonchev–Trinajstić information content (AvgIpc) is 3.06. The highest BCUT2D eigenvalue weighted by Gasteiger charge is 2.24. The van der Waals surface area contributed by atoms with Gasteiger partial charge in [0.15, 0.2) is 11.5 Å². The first-order chi connectivity index (χ1) is 14.5. The first kappa shape index (κ1) is 19.0. The van der Waals surface area contributed by atoms with Gasteiger partial charge < -0.3 is 20.1 Å². The van der Waals surface area contributed by atoms with Gasteiger partial charge in [-0.1, -0.05) is 0 Å². The summed E-state index contributed by atoms with van der Waals surface area (Å²) in [4.78, 5) is 21.8. The molecule has 1 aliphatic rings. The summed E-state index contributed by atoms with van der Waals surface area (Å²) in [5, 5.41) is 13.4. The SMILES string of the molecule is [C-]#[N+]c1c(F)ccc2c1CN(CC#N)c1ccn3nc(N)c(c3n1)C(=O)OCCO2. The van der Waals surface area contributed by atoms with Crippen molar-refractivity contribution in [2.75, 3.05) is 30.4 Å². The van der Waals surface area contributed by atoms with E-state index in [4.69, 9.17) is 21.8 Å². The molecule has 0 amide bonds. The molecule has 2 N–H and O–H groups in total. The number of aromatic nitrogens is 3. The summed E-state index contributed by atoms with van der Waals surface area (Å²) in [6.07, 6.45) is 1.54. The van der Waals surface area contributed by atoms with Gasteiger partial charge in [0.2, 0.25) is 5.69 Å². The van der Waals surface area contributed by atoms with Crippen LogP contribution in [-0.2, 0) is 11.3 Å². The van der Waals surface area contributed by atoms with E-state index in [1.54, 1.807) is 6.07 Å². The highest BCUT2D eigenvalue weighted by atomic mass is 19.1. The van der Waals surface area contributed by atoms with E-state index in [0.29, 0.717) is 5.82 Å². The topological polar surface area (TPSA) is 123 Å². The Morgan fingerprint density at radius 3 is 2.90 bits per heavy atom. The zero-order valence-corrected chi connectivity index (χ0v) is 15.5. The Bertz CT molecular complexity index is 1240. The number of nitriles is 1. The van der Waals surface area contributed by atoms with E-state index in [-0.39, 0.29) is 60.3 Å². The molecule has 30 heavy (non-hydrogen) atoms. The van der Waals surface area contributed by atoms with Crippen LogP contribution >= 0.6 is 0 Å². The molecule has 3 aromatic rings. The molecule has 1 aliphatic heterocycles. The molecular weight excluding hydrogens is 393 g/mol. The fourth-order valence-corrected chi connectivity index (χ4v) is 3.16. The van der Waals surface area contributed by atoms with Crippen LogP contribution in [0.25, 0.3) is 10.5 Å². The molecule has 2 bridgehead atoms. The summed E-state index contributed by atoms with van der Waals surface area (Å²) in [5.74, 6) is -0.905. The van der Waals surface area contributed by atoms with Crippen LogP contribution in [0.5, 0.6) is 5.75 Å². The lowest BCUT2D eigenvalue weighted by Gasteiger charge is -2.23. The lowest BCUT2D eigenvalue weighted by molar-refractivity contribution is 0.0453. The maximum atomic E-state index is 14.3. The number of anilines is 2. The standard InChI is InChI=1S/C19H14FN7O3/c1-23-16-11-10-26(7-5-21)14-4-6-27-18(24-14)15(17(22)25-27)19(28)30-9-8-29-13(11)3-2-12(16)20/h2-4,6H,7-10H2,(H2,22,25). The van der Waals surface area contributed by atoms with Crippen molar-refractivity contribution in [1.82, 2.24) is 14.6 Å². The minimum absolute atomic E-state index is 0.00147. The number of ether oxygens (including phenoxy) is 2. The van der Waals surface area contributed by atoms with Crippen molar-refractivity contribution in [3.8, 4) is 11.8 Å². The van der Waals surface area contributed by atoms with Crippen molar-refractivity contribution >= 4 is 28.9 Å². The van der Waals surface area contributed by atoms with Gasteiger partial charge in [0, 0.05) is 18.3 Å². The van der Waals surface area contributed by atoms with Gasteiger partial charge in [-0.3, -0.25) is 0 Å². The fourth-order valence-electron chi connectivity index (χ4n) is 3.16. The predicted molar refractivity (Wildman–Crippen MR) is 103 cm³/mol. The second-order valence-electron chi connectivity index (χ2n) is 6.30. The van der Waals surface area contributed by atoms with Gasteiger partial charge in [0.1, 0.15) is 42.7 Å². The molecule has 0 aliphatic carbocycles. The summed E-state index contributed by atoms with van der Waals surface area (Å²) < 4.78 is 26.5. The predicted octanol–water partition coefficient (Wildman–Crippen LogP) is 2.08. The molecular formula is C19H14FN7O3. The van der Waals surface area contributed by atoms with Gasteiger partial charge in [-0.15, -0.1) is 5.10 Å². The molecule has 3 heterocycles. The number of cyclic esters (lactones) is 1. The number of benzene rings is 1. The van der Waals surface area contributed by atoms with E-state index >= 15 is 0 Å². The Balaban J connectivity index is 1.91. The Kier molecular flexibility index (Phi) is 4.78.